The van der Waals surface area contributed by atoms with E-state index in [1.54, 1.807) is 28.5 Å². The van der Waals surface area contributed by atoms with Crippen LogP contribution in [-0.2, 0) is 18.9 Å². The third-order valence-electron chi connectivity index (χ3n) is 7.26. The molecule has 208 valence electrons. The molecule has 1 aromatic carbocycles. The van der Waals surface area contributed by atoms with Gasteiger partial charge in [0.15, 0.2) is 0 Å². The highest BCUT2D eigenvalue weighted by Gasteiger charge is 2.38. The van der Waals surface area contributed by atoms with Crippen molar-refractivity contribution >= 4 is 12.2 Å². The number of piperidine rings is 1. The third kappa shape index (κ3) is 6.57. The Morgan fingerprint density at radius 1 is 0.921 bits per heavy atom. The first-order valence-electron chi connectivity index (χ1n) is 12.8. The number of anilines is 1. The number of rotatable bonds is 7. The molecule has 1 N–H and O–H groups in total. The SMILES string of the molecule is CC[C@@H]1C[C@H](N(Cc2cc(C(F)(F)F)cc(C(F)(F)F)c2)c2ncc(C3C=NN(C)C3)cn2)C[C@H](CC)N1. The van der Waals surface area contributed by atoms with Gasteiger partial charge in [0.2, 0.25) is 5.95 Å². The van der Waals surface area contributed by atoms with Crippen LogP contribution in [0.2, 0.25) is 0 Å². The maximum Gasteiger partial charge on any atom is 0.416 e. The molecule has 0 saturated carbocycles. The van der Waals surface area contributed by atoms with Crippen LogP contribution in [0, 0.1) is 0 Å². The summed E-state index contributed by atoms with van der Waals surface area (Å²) in [5.41, 5.74) is -1.91. The Bertz CT molecular complexity index is 1070. The van der Waals surface area contributed by atoms with Crippen LogP contribution in [0.1, 0.15) is 67.7 Å². The van der Waals surface area contributed by atoms with Gasteiger partial charge in [0.05, 0.1) is 11.1 Å². The van der Waals surface area contributed by atoms with E-state index in [0.717, 1.165) is 30.5 Å². The molecule has 2 aliphatic heterocycles. The molecule has 0 bridgehead atoms. The highest BCUT2D eigenvalue weighted by atomic mass is 19.4. The lowest BCUT2D eigenvalue weighted by Gasteiger charge is -2.41. The van der Waals surface area contributed by atoms with E-state index in [4.69, 9.17) is 0 Å². The van der Waals surface area contributed by atoms with Gasteiger partial charge in [-0.2, -0.15) is 31.4 Å². The molecule has 4 rings (SSSR count). The molecule has 4 atom stereocenters. The number of hydrazone groups is 1. The Hall–Kier alpha value is -2.89. The van der Waals surface area contributed by atoms with Gasteiger partial charge >= 0.3 is 12.4 Å². The molecule has 1 aromatic heterocycles. The molecular weight excluding hydrogens is 510 g/mol. The Labute approximate surface area is 218 Å². The van der Waals surface area contributed by atoms with Crippen LogP contribution in [-0.4, -0.2) is 52.9 Å². The van der Waals surface area contributed by atoms with Crippen LogP contribution < -0.4 is 10.2 Å². The molecule has 2 aromatic rings. The summed E-state index contributed by atoms with van der Waals surface area (Å²) in [4.78, 5) is 10.8. The second-order valence-corrected chi connectivity index (χ2v) is 10.1. The summed E-state index contributed by atoms with van der Waals surface area (Å²) >= 11 is 0. The van der Waals surface area contributed by atoms with E-state index in [9.17, 15) is 26.3 Å². The van der Waals surface area contributed by atoms with Crippen LogP contribution in [0.5, 0.6) is 0 Å². The zero-order valence-electron chi connectivity index (χ0n) is 21.5. The second kappa shape index (κ2) is 11.1. The predicted octanol–water partition coefficient (Wildman–Crippen LogP) is 5.84. The number of nitrogens with one attached hydrogen (secondary N) is 1. The van der Waals surface area contributed by atoms with Crippen molar-refractivity contribution in [3.05, 3.63) is 52.8 Å². The van der Waals surface area contributed by atoms with Gasteiger partial charge in [0, 0.05) is 62.8 Å². The lowest BCUT2D eigenvalue weighted by Crippen LogP contribution is -2.52. The second-order valence-electron chi connectivity index (χ2n) is 10.1. The number of hydrogen-bond acceptors (Lipinski definition) is 6. The van der Waals surface area contributed by atoms with Crippen molar-refractivity contribution in [1.82, 2.24) is 20.3 Å². The van der Waals surface area contributed by atoms with E-state index in [-0.39, 0.29) is 48.2 Å². The highest BCUT2D eigenvalue weighted by Crippen LogP contribution is 2.37. The Balaban J connectivity index is 1.72. The number of nitrogens with zero attached hydrogens (tertiary/aromatic N) is 5. The summed E-state index contributed by atoms with van der Waals surface area (Å²) in [6.45, 7) is 4.58. The number of alkyl halides is 6. The molecule has 0 amide bonds. The van der Waals surface area contributed by atoms with Gasteiger partial charge in [0.25, 0.3) is 0 Å². The average Bonchev–Trinajstić information content (AvgIpc) is 3.32. The number of aromatic nitrogens is 2. The maximum atomic E-state index is 13.5. The van der Waals surface area contributed by atoms with E-state index in [1.165, 1.54) is 0 Å². The highest BCUT2D eigenvalue weighted by molar-refractivity contribution is 5.69. The molecule has 1 saturated heterocycles. The smallest absolute Gasteiger partial charge is 0.333 e. The Kier molecular flexibility index (Phi) is 8.20. The van der Waals surface area contributed by atoms with E-state index in [0.29, 0.717) is 19.4 Å². The van der Waals surface area contributed by atoms with Crippen molar-refractivity contribution in [2.45, 2.75) is 82.5 Å². The Morgan fingerprint density at radius 2 is 1.47 bits per heavy atom. The normalized spacial score (nSPS) is 24.2. The van der Waals surface area contributed by atoms with E-state index >= 15 is 0 Å². The van der Waals surface area contributed by atoms with Gasteiger partial charge in [0.1, 0.15) is 0 Å². The quantitative estimate of drug-likeness (QED) is 0.446. The van der Waals surface area contributed by atoms with Crippen LogP contribution in [0.3, 0.4) is 0 Å². The zero-order chi connectivity index (χ0) is 27.7. The zero-order valence-corrected chi connectivity index (χ0v) is 21.5. The van der Waals surface area contributed by atoms with Crippen molar-refractivity contribution in [2.75, 3.05) is 18.5 Å². The first-order chi connectivity index (χ1) is 17.9. The summed E-state index contributed by atoms with van der Waals surface area (Å²) in [5, 5.41) is 9.59. The third-order valence-corrected chi connectivity index (χ3v) is 7.26. The minimum absolute atomic E-state index is 0.00753. The fourth-order valence-electron chi connectivity index (χ4n) is 5.15. The van der Waals surface area contributed by atoms with Gasteiger partial charge in [-0.3, -0.25) is 5.01 Å². The first-order valence-corrected chi connectivity index (χ1v) is 12.8. The largest absolute Gasteiger partial charge is 0.416 e. The van der Waals surface area contributed by atoms with Crippen LogP contribution >= 0.6 is 0 Å². The summed E-state index contributed by atoms with van der Waals surface area (Å²) in [6.07, 6.45) is -1.68. The predicted molar refractivity (Wildman–Crippen MR) is 133 cm³/mol. The molecule has 12 heteroatoms. The average molecular weight is 543 g/mol. The minimum atomic E-state index is -4.91. The summed E-state index contributed by atoms with van der Waals surface area (Å²) in [6, 6.07) is 1.90. The first kappa shape index (κ1) is 28.1. The van der Waals surface area contributed by atoms with Gasteiger partial charge in [-0.05, 0) is 55.0 Å². The molecule has 3 heterocycles. The summed E-state index contributed by atoms with van der Waals surface area (Å²) in [7, 11) is 1.85. The molecule has 0 aliphatic carbocycles. The van der Waals surface area contributed by atoms with Crippen LogP contribution in [0.15, 0.2) is 35.7 Å². The molecule has 0 spiro atoms. The van der Waals surface area contributed by atoms with Gasteiger partial charge in [-0.15, -0.1) is 0 Å². The van der Waals surface area contributed by atoms with Crippen molar-refractivity contribution in [3.63, 3.8) is 0 Å². The van der Waals surface area contributed by atoms with Crippen molar-refractivity contribution in [2.24, 2.45) is 5.10 Å². The van der Waals surface area contributed by atoms with Gasteiger partial charge in [-0.1, -0.05) is 13.8 Å². The molecule has 2 aliphatic rings. The molecule has 1 unspecified atom stereocenters. The standard InChI is InChI=1S/C26H32F6N6/c1-4-21-9-23(10-22(5-2)36-21)38(24-33-11-17(12-34-24)18-13-35-37(3)15-18)14-16-6-19(25(27,28)29)8-20(7-16)26(30,31)32/h6-8,11-13,18,21-23,36H,4-5,9-10,14-15H2,1-3H3/t18?,21-,22+,23+. The topological polar surface area (TPSA) is 56.7 Å². The maximum absolute atomic E-state index is 13.5. The fourth-order valence-corrected chi connectivity index (χ4v) is 5.15. The molecule has 0 radical (unpaired) electrons. The monoisotopic (exact) mass is 542 g/mol. The Morgan fingerprint density at radius 3 is 1.92 bits per heavy atom. The molecule has 38 heavy (non-hydrogen) atoms. The number of hydrogen-bond donors (Lipinski definition) is 1. The lowest BCUT2D eigenvalue weighted by molar-refractivity contribution is -0.143. The van der Waals surface area contributed by atoms with Crippen molar-refractivity contribution in [3.8, 4) is 0 Å². The molecule has 6 nitrogen and oxygen atoms in total. The minimum Gasteiger partial charge on any atom is -0.333 e. The number of benzene rings is 1. The summed E-state index contributed by atoms with van der Waals surface area (Å²) < 4.78 is 81.2. The number of halogens is 6. The van der Waals surface area contributed by atoms with Crippen molar-refractivity contribution in [1.29, 1.82) is 0 Å². The fraction of sp³-hybridized carbons (Fsp3) is 0.577. The van der Waals surface area contributed by atoms with E-state index in [1.807, 2.05) is 20.9 Å². The van der Waals surface area contributed by atoms with Crippen LogP contribution in [0.4, 0.5) is 32.3 Å². The molecule has 1 fully saturated rings. The number of likely N-dealkylation sites (N-methyl/N-ethyl adjacent to an activating group) is 1. The van der Waals surface area contributed by atoms with Gasteiger partial charge in [-0.25, -0.2) is 9.97 Å². The van der Waals surface area contributed by atoms with Gasteiger partial charge < -0.3 is 10.2 Å². The lowest BCUT2D eigenvalue weighted by atomic mass is 9.89. The van der Waals surface area contributed by atoms with Crippen LogP contribution in [0.25, 0.3) is 0 Å². The van der Waals surface area contributed by atoms with E-state index < -0.39 is 23.5 Å². The van der Waals surface area contributed by atoms with Crippen molar-refractivity contribution < 1.29 is 26.3 Å². The summed E-state index contributed by atoms with van der Waals surface area (Å²) in [5.74, 6) is 0.285. The molecular formula is C26H32F6N6. The van der Waals surface area contributed by atoms with E-state index in [2.05, 4.69) is 20.4 Å².